The van der Waals surface area contributed by atoms with Gasteiger partial charge in [0.05, 0.1) is 0 Å². The molecule has 0 spiro atoms. The van der Waals surface area contributed by atoms with E-state index in [2.05, 4.69) is 12.3 Å². The van der Waals surface area contributed by atoms with Crippen molar-refractivity contribution in [1.29, 1.82) is 0 Å². The first kappa shape index (κ1) is 11.1. The van der Waals surface area contributed by atoms with E-state index in [0.29, 0.717) is 16.7 Å². The molecule has 2 nitrogen and oxygen atoms in total. The van der Waals surface area contributed by atoms with E-state index in [-0.39, 0.29) is 11.5 Å². The first-order valence-corrected chi connectivity index (χ1v) is 5.21. The Morgan fingerprint density at radius 1 is 0.824 bits per heavy atom. The van der Waals surface area contributed by atoms with Crippen molar-refractivity contribution in [2.45, 2.75) is 0 Å². The van der Waals surface area contributed by atoms with Gasteiger partial charge in [0.1, 0.15) is 11.5 Å². The minimum atomic E-state index is 0.141. The lowest BCUT2D eigenvalue weighted by molar-refractivity contribution is 0.471. The molecule has 0 unspecified atom stereocenters. The van der Waals surface area contributed by atoms with Crippen LogP contribution in [0.4, 0.5) is 0 Å². The van der Waals surface area contributed by atoms with Crippen molar-refractivity contribution in [3.8, 4) is 11.5 Å². The minimum Gasteiger partial charge on any atom is -0.507 e. The van der Waals surface area contributed by atoms with Gasteiger partial charge in [-0.2, -0.15) is 0 Å². The van der Waals surface area contributed by atoms with Gasteiger partial charge in [0.2, 0.25) is 0 Å². The van der Waals surface area contributed by atoms with Crippen LogP contribution >= 0.6 is 0 Å². The van der Waals surface area contributed by atoms with Crippen LogP contribution in [0.5, 0.6) is 11.5 Å². The molecule has 0 atom stereocenters. The molecule has 0 aromatic heterocycles. The van der Waals surface area contributed by atoms with E-state index in [4.69, 9.17) is 0 Å². The van der Waals surface area contributed by atoms with Gasteiger partial charge in [-0.05, 0) is 12.1 Å². The SMILES string of the molecule is C=C=C(c1ccccc1O)c1ccccc1O. The summed E-state index contributed by atoms with van der Waals surface area (Å²) in [5.41, 5.74) is 4.55. The van der Waals surface area contributed by atoms with Gasteiger partial charge in [-0.3, -0.25) is 0 Å². The zero-order valence-corrected chi connectivity index (χ0v) is 9.22. The molecular formula is C15H12O2. The third-order valence-electron chi connectivity index (χ3n) is 2.52. The molecule has 2 rings (SSSR count). The molecule has 84 valence electrons. The van der Waals surface area contributed by atoms with Crippen molar-refractivity contribution in [3.63, 3.8) is 0 Å². The Morgan fingerprint density at radius 2 is 1.24 bits per heavy atom. The fraction of sp³-hybridized carbons (Fsp3) is 0. The summed E-state index contributed by atoms with van der Waals surface area (Å²) in [5.74, 6) is 0.281. The monoisotopic (exact) mass is 224 g/mol. The second-order valence-corrected chi connectivity index (χ2v) is 3.59. The molecule has 0 aliphatic rings. The highest BCUT2D eigenvalue weighted by atomic mass is 16.3. The van der Waals surface area contributed by atoms with Crippen molar-refractivity contribution < 1.29 is 10.2 Å². The van der Waals surface area contributed by atoms with Crippen LogP contribution in [0, 0.1) is 0 Å². The Bertz CT molecular complexity index is 546. The maximum atomic E-state index is 9.79. The summed E-state index contributed by atoms with van der Waals surface area (Å²) in [5, 5.41) is 19.6. The molecule has 2 aromatic rings. The van der Waals surface area contributed by atoms with Gasteiger partial charge < -0.3 is 10.2 Å². The number of phenols is 2. The molecule has 0 aliphatic carbocycles. The topological polar surface area (TPSA) is 40.5 Å². The summed E-state index contributed by atoms with van der Waals surface area (Å²) in [7, 11) is 0. The van der Waals surface area contributed by atoms with Crippen molar-refractivity contribution in [2.75, 3.05) is 0 Å². The van der Waals surface area contributed by atoms with Crippen LogP contribution in [0.1, 0.15) is 11.1 Å². The van der Waals surface area contributed by atoms with Crippen LogP contribution in [0.15, 0.2) is 60.8 Å². The third kappa shape index (κ3) is 2.07. The molecule has 0 heterocycles. The summed E-state index contributed by atoms with van der Waals surface area (Å²) in [6.45, 7) is 3.61. The molecule has 0 fully saturated rings. The molecule has 0 saturated carbocycles. The second kappa shape index (κ2) is 4.60. The predicted molar refractivity (Wildman–Crippen MR) is 67.9 cm³/mol. The maximum Gasteiger partial charge on any atom is 0.124 e. The fourth-order valence-electron chi connectivity index (χ4n) is 1.71. The van der Waals surface area contributed by atoms with E-state index in [9.17, 15) is 10.2 Å². The van der Waals surface area contributed by atoms with E-state index in [1.54, 1.807) is 36.4 Å². The van der Waals surface area contributed by atoms with Gasteiger partial charge in [-0.25, -0.2) is 0 Å². The zero-order chi connectivity index (χ0) is 12.3. The summed E-state index contributed by atoms with van der Waals surface area (Å²) >= 11 is 0. The summed E-state index contributed by atoms with van der Waals surface area (Å²) < 4.78 is 0. The molecule has 2 N–H and O–H groups in total. The lowest BCUT2D eigenvalue weighted by atomic mass is 9.97. The molecular weight excluding hydrogens is 212 g/mol. The van der Waals surface area contributed by atoms with Gasteiger partial charge in [0, 0.05) is 16.7 Å². The lowest BCUT2D eigenvalue weighted by Crippen LogP contribution is -1.88. The van der Waals surface area contributed by atoms with Gasteiger partial charge in [-0.1, -0.05) is 43.0 Å². The van der Waals surface area contributed by atoms with E-state index >= 15 is 0 Å². The molecule has 0 bridgehead atoms. The fourth-order valence-corrected chi connectivity index (χ4v) is 1.71. The van der Waals surface area contributed by atoms with Crippen LogP contribution in [-0.2, 0) is 0 Å². The van der Waals surface area contributed by atoms with Crippen LogP contribution in [-0.4, -0.2) is 10.2 Å². The highest BCUT2D eigenvalue weighted by molar-refractivity contribution is 5.84. The van der Waals surface area contributed by atoms with Crippen molar-refractivity contribution in [3.05, 3.63) is 72.0 Å². The number of benzene rings is 2. The molecule has 0 amide bonds. The molecule has 0 radical (unpaired) electrons. The number of para-hydroxylation sites is 2. The Balaban J connectivity index is 2.62. The Kier molecular flexibility index (Phi) is 2.99. The Labute approximate surface area is 99.8 Å². The highest BCUT2D eigenvalue weighted by Crippen LogP contribution is 2.33. The standard InChI is InChI=1S/C15H12O2/c1-2-11(12-7-3-5-9-14(12)16)13-8-4-6-10-15(13)17/h3-10,16-17H,1H2. The molecule has 0 aliphatic heterocycles. The van der Waals surface area contributed by atoms with Gasteiger partial charge in [0.15, 0.2) is 0 Å². The zero-order valence-electron chi connectivity index (χ0n) is 9.22. The van der Waals surface area contributed by atoms with Crippen LogP contribution in [0.25, 0.3) is 5.57 Å². The van der Waals surface area contributed by atoms with Crippen molar-refractivity contribution in [2.24, 2.45) is 0 Å². The van der Waals surface area contributed by atoms with Crippen molar-refractivity contribution in [1.82, 2.24) is 0 Å². The number of hydrogen-bond acceptors (Lipinski definition) is 2. The number of aromatic hydroxyl groups is 2. The normalized spacial score (nSPS) is 9.65. The van der Waals surface area contributed by atoms with Crippen LogP contribution < -0.4 is 0 Å². The van der Waals surface area contributed by atoms with Gasteiger partial charge in [-0.15, -0.1) is 5.73 Å². The van der Waals surface area contributed by atoms with E-state index in [0.717, 1.165) is 0 Å². The maximum absolute atomic E-state index is 9.79. The van der Waals surface area contributed by atoms with Crippen LogP contribution in [0.2, 0.25) is 0 Å². The van der Waals surface area contributed by atoms with Gasteiger partial charge >= 0.3 is 0 Å². The quantitative estimate of drug-likeness (QED) is 0.768. The smallest absolute Gasteiger partial charge is 0.124 e. The van der Waals surface area contributed by atoms with Gasteiger partial charge in [0.25, 0.3) is 0 Å². The van der Waals surface area contributed by atoms with Crippen LogP contribution in [0.3, 0.4) is 0 Å². The largest absolute Gasteiger partial charge is 0.507 e. The highest BCUT2D eigenvalue weighted by Gasteiger charge is 2.11. The lowest BCUT2D eigenvalue weighted by Gasteiger charge is -2.09. The average Bonchev–Trinajstić information content (AvgIpc) is 2.34. The molecule has 2 heteroatoms. The predicted octanol–water partition coefficient (Wildman–Crippen LogP) is 3.31. The summed E-state index contributed by atoms with van der Waals surface area (Å²) in [6.07, 6.45) is 0. The Hall–Kier alpha value is -2.44. The van der Waals surface area contributed by atoms with E-state index in [1.165, 1.54) is 0 Å². The molecule has 2 aromatic carbocycles. The minimum absolute atomic E-state index is 0.141. The average molecular weight is 224 g/mol. The van der Waals surface area contributed by atoms with E-state index in [1.807, 2.05) is 12.1 Å². The molecule has 17 heavy (non-hydrogen) atoms. The molecule has 0 saturated heterocycles. The number of rotatable bonds is 2. The Morgan fingerprint density at radius 3 is 1.59 bits per heavy atom. The first-order chi connectivity index (χ1) is 8.24. The number of hydrogen-bond donors (Lipinski definition) is 2. The summed E-state index contributed by atoms with van der Waals surface area (Å²) in [4.78, 5) is 0. The van der Waals surface area contributed by atoms with E-state index < -0.39 is 0 Å². The summed E-state index contributed by atoms with van der Waals surface area (Å²) in [6, 6.07) is 13.8. The third-order valence-corrected chi connectivity index (χ3v) is 2.52. The first-order valence-electron chi connectivity index (χ1n) is 5.21. The number of phenolic OH excluding ortho intramolecular Hbond substituents is 2. The van der Waals surface area contributed by atoms with Crippen molar-refractivity contribution >= 4 is 5.57 Å². The second-order valence-electron chi connectivity index (χ2n) is 3.59.